The Labute approximate surface area is 169 Å². The third-order valence-corrected chi connectivity index (χ3v) is 5.64. The minimum atomic E-state index is -0.989. The molecule has 138 valence electrons. The number of rotatable bonds is 5. The molecular formula is C19H14Cl2N2O3S. The first kappa shape index (κ1) is 19.4. The Bertz CT molecular complexity index is 996. The van der Waals surface area contributed by atoms with Crippen LogP contribution in [-0.2, 0) is 6.54 Å². The van der Waals surface area contributed by atoms with E-state index in [9.17, 15) is 9.59 Å². The van der Waals surface area contributed by atoms with Crippen LogP contribution in [0.2, 0.25) is 10.0 Å². The average molecular weight is 421 g/mol. The fraction of sp³-hybridized carbons (Fsp3) is 0.105. The standard InChI is InChI=1S/C19H14Cl2N2O3S/c1-10-16(27-18(23-10)15-13(20)3-2-4-14(15)21)17(24)22-9-11-5-7-12(8-6-11)19(25)26/h2-8H,9H2,1H3,(H,22,24)(H,25,26). The van der Waals surface area contributed by atoms with Gasteiger partial charge in [-0.15, -0.1) is 11.3 Å². The summed E-state index contributed by atoms with van der Waals surface area (Å²) in [5.74, 6) is -1.25. The Hall–Kier alpha value is -2.41. The van der Waals surface area contributed by atoms with Crippen molar-refractivity contribution in [2.75, 3.05) is 0 Å². The van der Waals surface area contributed by atoms with Gasteiger partial charge in [-0.1, -0.05) is 41.4 Å². The molecule has 0 saturated heterocycles. The minimum absolute atomic E-state index is 0.199. The number of hydrogen-bond donors (Lipinski definition) is 2. The summed E-state index contributed by atoms with van der Waals surface area (Å²) >= 11 is 13.7. The number of halogens is 2. The highest BCUT2D eigenvalue weighted by atomic mass is 35.5. The van der Waals surface area contributed by atoms with Crippen molar-refractivity contribution in [3.8, 4) is 10.6 Å². The molecule has 27 heavy (non-hydrogen) atoms. The molecule has 0 unspecified atom stereocenters. The van der Waals surface area contributed by atoms with Crippen molar-refractivity contribution in [3.63, 3.8) is 0 Å². The van der Waals surface area contributed by atoms with Gasteiger partial charge in [0, 0.05) is 12.1 Å². The zero-order valence-corrected chi connectivity index (χ0v) is 16.5. The first-order chi connectivity index (χ1) is 12.9. The lowest BCUT2D eigenvalue weighted by atomic mass is 10.1. The molecule has 0 bridgehead atoms. The molecule has 1 amide bonds. The fourth-order valence-corrected chi connectivity index (χ4v) is 4.19. The van der Waals surface area contributed by atoms with Gasteiger partial charge in [-0.05, 0) is 36.8 Å². The van der Waals surface area contributed by atoms with Crippen LogP contribution in [0.25, 0.3) is 10.6 Å². The van der Waals surface area contributed by atoms with E-state index in [1.807, 2.05) is 0 Å². The van der Waals surface area contributed by atoms with E-state index in [0.29, 0.717) is 31.2 Å². The van der Waals surface area contributed by atoms with E-state index in [-0.39, 0.29) is 18.0 Å². The van der Waals surface area contributed by atoms with E-state index in [2.05, 4.69) is 10.3 Å². The van der Waals surface area contributed by atoms with Crippen LogP contribution in [0, 0.1) is 6.92 Å². The molecule has 0 spiro atoms. The van der Waals surface area contributed by atoms with Crippen LogP contribution in [0.15, 0.2) is 42.5 Å². The van der Waals surface area contributed by atoms with E-state index in [4.69, 9.17) is 28.3 Å². The van der Waals surface area contributed by atoms with Crippen LogP contribution in [0.5, 0.6) is 0 Å². The van der Waals surface area contributed by atoms with Gasteiger partial charge in [0.15, 0.2) is 0 Å². The molecule has 0 saturated carbocycles. The van der Waals surface area contributed by atoms with Gasteiger partial charge in [-0.3, -0.25) is 4.79 Å². The molecular weight excluding hydrogens is 407 g/mol. The largest absolute Gasteiger partial charge is 0.478 e. The number of thiazole rings is 1. The number of nitrogens with zero attached hydrogens (tertiary/aromatic N) is 1. The van der Waals surface area contributed by atoms with Gasteiger partial charge in [0.25, 0.3) is 5.91 Å². The number of benzene rings is 2. The predicted molar refractivity (Wildman–Crippen MR) is 107 cm³/mol. The molecule has 1 aromatic heterocycles. The van der Waals surface area contributed by atoms with Crippen molar-refractivity contribution in [2.24, 2.45) is 0 Å². The molecule has 3 aromatic rings. The molecule has 1 heterocycles. The monoisotopic (exact) mass is 420 g/mol. The highest BCUT2D eigenvalue weighted by molar-refractivity contribution is 7.17. The van der Waals surface area contributed by atoms with Gasteiger partial charge < -0.3 is 10.4 Å². The van der Waals surface area contributed by atoms with Gasteiger partial charge in [-0.25, -0.2) is 9.78 Å². The Kier molecular flexibility index (Phi) is 5.79. The molecule has 3 rings (SSSR count). The molecule has 0 radical (unpaired) electrons. The maximum atomic E-state index is 12.5. The quantitative estimate of drug-likeness (QED) is 0.604. The van der Waals surface area contributed by atoms with E-state index in [1.165, 1.54) is 23.5 Å². The van der Waals surface area contributed by atoms with Crippen molar-refractivity contribution < 1.29 is 14.7 Å². The van der Waals surface area contributed by atoms with E-state index >= 15 is 0 Å². The number of nitrogens with one attached hydrogen (secondary N) is 1. The summed E-state index contributed by atoms with van der Waals surface area (Å²) in [5, 5.41) is 13.3. The second-order valence-electron chi connectivity index (χ2n) is 5.71. The summed E-state index contributed by atoms with van der Waals surface area (Å²) in [6.45, 7) is 2.03. The van der Waals surface area contributed by atoms with Gasteiger partial charge in [0.2, 0.25) is 0 Å². The SMILES string of the molecule is Cc1nc(-c2c(Cl)cccc2Cl)sc1C(=O)NCc1ccc(C(=O)O)cc1. The van der Waals surface area contributed by atoms with Crippen molar-refractivity contribution in [1.29, 1.82) is 0 Å². The highest BCUT2D eigenvalue weighted by Crippen LogP contribution is 2.37. The number of hydrogen-bond acceptors (Lipinski definition) is 4. The van der Waals surface area contributed by atoms with Crippen molar-refractivity contribution in [1.82, 2.24) is 10.3 Å². The molecule has 0 aliphatic heterocycles. The van der Waals surface area contributed by atoms with Crippen LogP contribution in [-0.4, -0.2) is 22.0 Å². The zero-order valence-electron chi connectivity index (χ0n) is 14.1. The van der Waals surface area contributed by atoms with Crippen molar-refractivity contribution in [3.05, 3.63) is 74.2 Å². The molecule has 0 atom stereocenters. The van der Waals surface area contributed by atoms with Crippen LogP contribution in [0.4, 0.5) is 0 Å². The molecule has 0 aliphatic carbocycles. The van der Waals surface area contributed by atoms with E-state index in [0.717, 1.165) is 5.56 Å². The number of carboxylic acids is 1. The number of aromatic carboxylic acids is 1. The Morgan fingerprint density at radius 2 is 1.74 bits per heavy atom. The van der Waals surface area contributed by atoms with Crippen molar-refractivity contribution >= 4 is 46.4 Å². The molecule has 8 heteroatoms. The lowest BCUT2D eigenvalue weighted by molar-refractivity contribution is 0.0696. The molecule has 0 aliphatic rings. The molecule has 0 fully saturated rings. The van der Waals surface area contributed by atoms with Gasteiger partial charge >= 0.3 is 5.97 Å². The van der Waals surface area contributed by atoms with Gasteiger partial charge in [-0.2, -0.15) is 0 Å². The topological polar surface area (TPSA) is 79.3 Å². The average Bonchev–Trinajstić information content (AvgIpc) is 3.01. The summed E-state index contributed by atoms with van der Waals surface area (Å²) in [6.07, 6.45) is 0. The summed E-state index contributed by atoms with van der Waals surface area (Å²) in [4.78, 5) is 28.3. The summed E-state index contributed by atoms with van der Waals surface area (Å²) in [5.41, 5.74) is 2.19. The van der Waals surface area contributed by atoms with Crippen molar-refractivity contribution in [2.45, 2.75) is 13.5 Å². The Morgan fingerprint density at radius 1 is 1.11 bits per heavy atom. The van der Waals surface area contributed by atoms with E-state index in [1.54, 1.807) is 37.3 Å². The zero-order chi connectivity index (χ0) is 19.6. The van der Waals surface area contributed by atoms with Crippen LogP contribution in [0.1, 0.15) is 31.3 Å². The summed E-state index contributed by atoms with van der Waals surface area (Å²) in [6, 6.07) is 11.5. The second-order valence-corrected chi connectivity index (χ2v) is 7.53. The first-order valence-electron chi connectivity index (χ1n) is 7.89. The summed E-state index contributed by atoms with van der Waals surface area (Å²) in [7, 11) is 0. The van der Waals surface area contributed by atoms with Crippen LogP contribution >= 0.6 is 34.5 Å². The Balaban J connectivity index is 1.76. The normalized spacial score (nSPS) is 10.6. The maximum absolute atomic E-state index is 12.5. The van der Waals surface area contributed by atoms with Gasteiger partial charge in [0.05, 0.1) is 21.3 Å². The number of aryl methyl sites for hydroxylation is 1. The van der Waals surface area contributed by atoms with Crippen LogP contribution in [0.3, 0.4) is 0 Å². The maximum Gasteiger partial charge on any atom is 0.335 e. The van der Waals surface area contributed by atoms with Crippen LogP contribution < -0.4 is 5.32 Å². The number of amides is 1. The molecule has 5 nitrogen and oxygen atoms in total. The summed E-state index contributed by atoms with van der Waals surface area (Å²) < 4.78 is 0. The lowest BCUT2D eigenvalue weighted by Gasteiger charge is -2.05. The molecule has 2 aromatic carbocycles. The first-order valence-corrected chi connectivity index (χ1v) is 9.46. The number of carbonyl (C=O) groups excluding carboxylic acids is 1. The van der Waals surface area contributed by atoms with Gasteiger partial charge in [0.1, 0.15) is 9.88 Å². The number of aromatic nitrogens is 1. The minimum Gasteiger partial charge on any atom is -0.478 e. The number of carboxylic acid groups (broad SMARTS) is 1. The fourth-order valence-electron chi connectivity index (χ4n) is 2.44. The third kappa shape index (κ3) is 4.30. The number of carbonyl (C=O) groups is 2. The third-order valence-electron chi connectivity index (χ3n) is 3.83. The second kappa shape index (κ2) is 8.08. The predicted octanol–water partition coefficient (Wildman–Crippen LogP) is 5.05. The van der Waals surface area contributed by atoms with E-state index < -0.39 is 5.97 Å². The smallest absolute Gasteiger partial charge is 0.335 e. The Morgan fingerprint density at radius 3 is 2.33 bits per heavy atom. The highest BCUT2D eigenvalue weighted by Gasteiger charge is 2.19. The lowest BCUT2D eigenvalue weighted by Crippen LogP contribution is -2.22. The molecule has 2 N–H and O–H groups in total.